The van der Waals surface area contributed by atoms with Gasteiger partial charge in [-0.1, -0.05) is 12.1 Å². The Morgan fingerprint density at radius 3 is 2.43 bits per heavy atom. The van der Waals surface area contributed by atoms with Crippen molar-refractivity contribution in [3.05, 3.63) is 29.8 Å². The van der Waals surface area contributed by atoms with Crippen molar-refractivity contribution in [2.75, 3.05) is 25.5 Å². The second kappa shape index (κ2) is 6.94. The molecule has 1 aliphatic carbocycles. The van der Waals surface area contributed by atoms with E-state index >= 15 is 0 Å². The Bertz CT molecular complexity index is 465. The van der Waals surface area contributed by atoms with Gasteiger partial charge in [0.15, 0.2) is 6.04 Å². The quantitative estimate of drug-likeness (QED) is 0.780. The lowest BCUT2D eigenvalue weighted by molar-refractivity contribution is -0.926. The normalized spacial score (nSPS) is 17.1. The molecule has 0 aliphatic heterocycles. The molecule has 0 heterocycles. The van der Waals surface area contributed by atoms with Crippen molar-refractivity contribution < 1.29 is 9.69 Å². The van der Waals surface area contributed by atoms with E-state index in [2.05, 4.69) is 41.4 Å². The summed E-state index contributed by atoms with van der Waals surface area (Å²) in [4.78, 5) is 15.6. The van der Waals surface area contributed by atoms with Gasteiger partial charge in [0, 0.05) is 31.4 Å². The molecule has 1 aliphatic rings. The SMILES string of the molecule is CC[NH+](Cc1ccc(N(C)C)cc1)[C@@H](C)C(=O)NC1CC1. The number of hydrogen-bond acceptors (Lipinski definition) is 2. The van der Waals surface area contributed by atoms with Crippen molar-refractivity contribution >= 4 is 11.6 Å². The van der Waals surface area contributed by atoms with E-state index in [0.717, 1.165) is 25.9 Å². The van der Waals surface area contributed by atoms with E-state index in [9.17, 15) is 4.79 Å². The highest BCUT2D eigenvalue weighted by molar-refractivity contribution is 5.80. The number of carbonyl (C=O) groups excluding carboxylic acids is 1. The number of hydrogen-bond donors (Lipinski definition) is 2. The van der Waals surface area contributed by atoms with Crippen LogP contribution < -0.4 is 15.1 Å². The molecule has 1 unspecified atom stereocenters. The Hall–Kier alpha value is -1.55. The van der Waals surface area contributed by atoms with Crippen LogP contribution in [0.5, 0.6) is 0 Å². The molecule has 1 saturated carbocycles. The Morgan fingerprint density at radius 2 is 1.95 bits per heavy atom. The number of carbonyl (C=O) groups is 1. The first kappa shape index (κ1) is 15.8. The van der Waals surface area contributed by atoms with E-state index in [1.807, 2.05) is 21.0 Å². The Kier molecular flexibility index (Phi) is 5.23. The first-order valence-corrected chi connectivity index (χ1v) is 7.92. The molecular formula is C17H28N3O+. The minimum Gasteiger partial charge on any atom is -0.378 e. The summed E-state index contributed by atoms with van der Waals surface area (Å²) >= 11 is 0. The summed E-state index contributed by atoms with van der Waals surface area (Å²) in [5.41, 5.74) is 2.49. The Labute approximate surface area is 128 Å². The number of likely N-dealkylation sites (N-methyl/N-ethyl adjacent to an activating group) is 1. The van der Waals surface area contributed by atoms with Gasteiger partial charge in [0.05, 0.1) is 6.54 Å². The minimum absolute atomic E-state index is 0.00382. The van der Waals surface area contributed by atoms with Gasteiger partial charge in [0.25, 0.3) is 5.91 Å². The number of anilines is 1. The van der Waals surface area contributed by atoms with Gasteiger partial charge < -0.3 is 15.1 Å². The molecule has 1 fully saturated rings. The van der Waals surface area contributed by atoms with Gasteiger partial charge in [0.2, 0.25) is 0 Å². The molecule has 0 spiro atoms. The van der Waals surface area contributed by atoms with Crippen LogP contribution in [-0.2, 0) is 11.3 Å². The molecule has 2 N–H and O–H groups in total. The summed E-state index contributed by atoms with van der Waals surface area (Å²) in [5.74, 6) is 0.194. The molecule has 21 heavy (non-hydrogen) atoms. The van der Waals surface area contributed by atoms with E-state index < -0.39 is 0 Å². The summed E-state index contributed by atoms with van der Waals surface area (Å²) in [6, 6.07) is 9.05. The number of rotatable bonds is 7. The van der Waals surface area contributed by atoms with Gasteiger partial charge in [-0.2, -0.15) is 0 Å². The molecule has 0 aromatic heterocycles. The minimum atomic E-state index is 0.00382. The highest BCUT2D eigenvalue weighted by Gasteiger charge is 2.30. The number of benzene rings is 1. The molecule has 1 amide bonds. The van der Waals surface area contributed by atoms with Crippen LogP contribution in [0, 0.1) is 0 Å². The summed E-state index contributed by atoms with van der Waals surface area (Å²) in [6.07, 6.45) is 2.29. The largest absolute Gasteiger partial charge is 0.378 e. The van der Waals surface area contributed by atoms with Crippen LogP contribution in [0.25, 0.3) is 0 Å². The molecule has 0 radical (unpaired) electrons. The van der Waals surface area contributed by atoms with Crippen molar-refractivity contribution in [3.8, 4) is 0 Å². The molecule has 0 bridgehead atoms. The van der Waals surface area contributed by atoms with Gasteiger partial charge in [-0.25, -0.2) is 0 Å². The van der Waals surface area contributed by atoms with Crippen LogP contribution in [0.15, 0.2) is 24.3 Å². The fourth-order valence-electron chi connectivity index (χ4n) is 2.50. The molecule has 2 rings (SSSR count). The standard InChI is InChI=1S/C17H27N3O/c1-5-20(13(2)17(21)18-15-8-9-15)12-14-6-10-16(11-7-14)19(3)4/h6-7,10-11,13,15H,5,8-9,12H2,1-4H3,(H,18,21)/p+1/t13-/m0/s1. The molecule has 116 valence electrons. The van der Waals surface area contributed by atoms with Crippen LogP contribution >= 0.6 is 0 Å². The highest BCUT2D eigenvalue weighted by Crippen LogP contribution is 2.18. The fraction of sp³-hybridized carbons (Fsp3) is 0.588. The number of quaternary nitrogens is 1. The zero-order valence-electron chi connectivity index (χ0n) is 13.6. The van der Waals surface area contributed by atoms with E-state index in [1.165, 1.54) is 16.2 Å². The average molecular weight is 290 g/mol. The molecule has 2 atom stereocenters. The Balaban J connectivity index is 1.95. The maximum absolute atomic E-state index is 12.2. The van der Waals surface area contributed by atoms with E-state index in [1.54, 1.807) is 0 Å². The van der Waals surface area contributed by atoms with Crippen molar-refractivity contribution in [2.24, 2.45) is 0 Å². The van der Waals surface area contributed by atoms with Crippen LogP contribution in [-0.4, -0.2) is 38.6 Å². The van der Waals surface area contributed by atoms with Crippen LogP contribution in [0.1, 0.15) is 32.3 Å². The molecule has 4 heteroatoms. The fourth-order valence-corrected chi connectivity index (χ4v) is 2.50. The molecule has 0 saturated heterocycles. The second-order valence-corrected chi connectivity index (χ2v) is 6.25. The maximum Gasteiger partial charge on any atom is 0.278 e. The predicted molar refractivity (Wildman–Crippen MR) is 86.6 cm³/mol. The van der Waals surface area contributed by atoms with Gasteiger partial charge in [-0.15, -0.1) is 0 Å². The Morgan fingerprint density at radius 1 is 1.33 bits per heavy atom. The lowest BCUT2D eigenvalue weighted by atomic mass is 10.1. The lowest BCUT2D eigenvalue weighted by Crippen LogP contribution is -3.15. The molecule has 1 aromatic rings. The van der Waals surface area contributed by atoms with Gasteiger partial charge in [-0.3, -0.25) is 4.79 Å². The van der Waals surface area contributed by atoms with E-state index in [-0.39, 0.29) is 11.9 Å². The summed E-state index contributed by atoms with van der Waals surface area (Å²) < 4.78 is 0. The number of nitrogens with one attached hydrogen (secondary N) is 2. The van der Waals surface area contributed by atoms with Crippen molar-refractivity contribution in [1.29, 1.82) is 0 Å². The van der Waals surface area contributed by atoms with Gasteiger partial charge in [0.1, 0.15) is 6.54 Å². The molecule has 1 aromatic carbocycles. The van der Waals surface area contributed by atoms with Crippen molar-refractivity contribution in [2.45, 2.75) is 45.3 Å². The van der Waals surface area contributed by atoms with Gasteiger partial charge >= 0.3 is 0 Å². The number of nitrogens with zero attached hydrogens (tertiary/aromatic N) is 1. The van der Waals surface area contributed by atoms with E-state index in [4.69, 9.17) is 0 Å². The first-order valence-electron chi connectivity index (χ1n) is 7.92. The second-order valence-electron chi connectivity index (χ2n) is 6.25. The third-order valence-electron chi connectivity index (χ3n) is 4.27. The monoisotopic (exact) mass is 290 g/mol. The van der Waals surface area contributed by atoms with Crippen molar-refractivity contribution in [3.63, 3.8) is 0 Å². The number of amides is 1. The third-order valence-corrected chi connectivity index (χ3v) is 4.27. The van der Waals surface area contributed by atoms with Crippen LogP contribution in [0.3, 0.4) is 0 Å². The highest BCUT2D eigenvalue weighted by atomic mass is 16.2. The smallest absolute Gasteiger partial charge is 0.278 e. The zero-order valence-corrected chi connectivity index (χ0v) is 13.6. The topological polar surface area (TPSA) is 36.8 Å². The third kappa shape index (κ3) is 4.46. The first-order chi connectivity index (χ1) is 10.0. The van der Waals surface area contributed by atoms with Crippen molar-refractivity contribution in [1.82, 2.24) is 5.32 Å². The summed E-state index contributed by atoms with van der Waals surface area (Å²) in [6.45, 7) is 6.02. The van der Waals surface area contributed by atoms with E-state index in [0.29, 0.717) is 6.04 Å². The summed E-state index contributed by atoms with van der Waals surface area (Å²) in [7, 11) is 4.09. The zero-order chi connectivity index (χ0) is 15.4. The summed E-state index contributed by atoms with van der Waals surface area (Å²) in [5, 5.41) is 3.11. The predicted octanol–water partition coefficient (Wildman–Crippen LogP) is 0.825. The maximum atomic E-state index is 12.2. The van der Waals surface area contributed by atoms with Crippen LogP contribution in [0.4, 0.5) is 5.69 Å². The lowest BCUT2D eigenvalue weighted by Gasteiger charge is -2.24. The molecular weight excluding hydrogens is 262 g/mol. The molecule has 4 nitrogen and oxygen atoms in total. The van der Waals surface area contributed by atoms with Gasteiger partial charge in [-0.05, 0) is 38.8 Å². The average Bonchev–Trinajstić information content (AvgIpc) is 3.28. The van der Waals surface area contributed by atoms with Crippen LogP contribution in [0.2, 0.25) is 0 Å².